The van der Waals surface area contributed by atoms with Crippen LogP contribution in [-0.4, -0.2) is 53.9 Å². The maximum atomic E-state index is 12.7. The highest BCUT2D eigenvalue weighted by atomic mass is 32.2. The van der Waals surface area contributed by atoms with Gasteiger partial charge < -0.3 is 10.1 Å². The Morgan fingerprint density at radius 2 is 1.76 bits per heavy atom. The first kappa shape index (κ1) is 18.6. The third-order valence-electron chi connectivity index (χ3n) is 5.52. The van der Waals surface area contributed by atoms with E-state index >= 15 is 0 Å². The van der Waals surface area contributed by atoms with Crippen molar-refractivity contribution in [3.8, 4) is 5.75 Å². The van der Waals surface area contributed by atoms with Crippen LogP contribution >= 0.6 is 11.3 Å². The van der Waals surface area contributed by atoms with Crippen molar-refractivity contribution in [2.75, 3.05) is 26.2 Å². The van der Waals surface area contributed by atoms with E-state index in [1.807, 2.05) is 24.3 Å². The molecule has 29 heavy (non-hydrogen) atoms. The molecular formula is C21H21N3O3S2. The summed E-state index contributed by atoms with van der Waals surface area (Å²) in [6.45, 7) is 2.77. The second-order valence-corrected chi connectivity index (χ2v) is 10.4. The van der Waals surface area contributed by atoms with Gasteiger partial charge in [0.25, 0.3) is 10.0 Å². The molecule has 0 spiro atoms. The number of nitrogens with one attached hydrogen (secondary N) is 1. The van der Waals surface area contributed by atoms with Crippen LogP contribution in [0.2, 0.25) is 0 Å². The molecule has 0 bridgehead atoms. The van der Waals surface area contributed by atoms with Crippen LogP contribution < -0.4 is 0 Å². The number of hydrogen-bond acceptors (Lipinski definition) is 5. The molecular weight excluding hydrogens is 406 g/mol. The minimum absolute atomic E-state index is 0.262. The summed E-state index contributed by atoms with van der Waals surface area (Å²) in [5, 5.41) is 14.5. The summed E-state index contributed by atoms with van der Waals surface area (Å²) in [5.74, 6) is 0.262. The summed E-state index contributed by atoms with van der Waals surface area (Å²) in [6.07, 6.45) is 0. The molecule has 4 aromatic rings. The maximum Gasteiger partial charge on any atom is 0.252 e. The van der Waals surface area contributed by atoms with E-state index in [2.05, 4.69) is 16.0 Å². The van der Waals surface area contributed by atoms with Gasteiger partial charge in [-0.05, 0) is 23.6 Å². The number of H-pyrrole nitrogens is 1. The molecule has 1 saturated heterocycles. The lowest BCUT2D eigenvalue weighted by molar-refractivity contribution is 0.180. The second-order valence-electron chi connectivity index (χ2n) is 7.31. The van der Waals surface area contributed by atoms with Gasteiger partial charge in [-0.15, -0.1) is 11.3 Å². The third-order valence-corrected chi connectivity index (χ3v) is 8.79. The molecule has 5 rings (SSSR count). The number of aromatic hydroxyl groups is 1. The first-order valence-electron chi connectivity index (χ1n) is 9.51. The zero-order valence-corrected chi connectivity index (χ0v) is 17.3. The average Bonchev–Trinajstić information content (AvgIpc) is 3.37. The van der Waals surface area contributed by atoms with Crippen molar-refractivity contribution in [3.05, 3.63) is 59.5 Å². The summed E-state index contributed by atoms with van der Waals surface area (Å²) in [7, 11) is -3.40. The number of phenols is 1. The highest BCUT2D eigenvalue weighted by Crippen LogP contribution is 2.32. The van der Waals surface area contributed by atoms with E-state index in [0.29, 0.717) is 36.9 Å². The first-order valence-corrected chi connectivity index (χ1v) is 11.8. The summed E-state index contributed by atoms with van der Waals surface area (Å²) >= 11 is 1.25. The minimum atomic E-state index is -3.40. The number of fused-ring (bicyclic) bond motifs is 3. The zero-order valence-electron chi connectivity index (χ0n) is 15.7. The van der Waals surface area contributed by atoms with Gasteiger partial charge >= 0.3 is 0 Å². The SMILES string of the molecule is O=S(=O)(c1cccs1)N1CCN(Cc2cc3c(cc2O)[nH]c2ccccc23)CC1. The van der Waals surface area contributed by atoms with E-state index in [1.54, 1.807) is 27.9 Å². The molecule has 0 aliphatic carbocycles. The van der Waals surface area contributed by atoms with Gasteiger partial charge in [-0.3, -0.25) is 4.90 Å². The summed E-state index contributed by atoms with van der Waals surface area (Å²) in [6, 6.07) is 15.3. The van der Waals surface area contributed by atoms with E-state index in [-0.39, 0.29) is 5.75 Å². The largest absolute Gasteiger partial charge is 0.508 e. The van der Waals surface area contributed by atoms with E-state index in [1.165, 1.54) is 11.3 Å². The predicted octanol–water partition coefficient (Wildman–Crippen LogP) is 3.59. The van der Waals surface area contributed by atoms with Gasteiger partial charge in [0, 0.05) is 60.6 Å². The molecule has 0 radical (unpaired) electrons. The van der Waals surface area contributed by atoms with E-state index in [9.17, 15) is 13.5 Å². The molecule has 0 unspecified atom stereocenters. The molecule has 1 aliphatic rings. The van der Waals surface area contributed by atoms with Crippen molar-refractivity contribution in [3.63, 3.8) is 0 Å². The topological polar surface area (TPSA) is 76.6 Å². The fraction of sp³-hybridized carbons (Fsp3) is 0.238. The van der Waals surface area contributed by atoms with Crippen LogP contribution in [0.4, 0.5) is 0 Å². The quantitative estimate of drug-likeness (QED) is 0.522. The minimum Gasteiger partial charge on any atom is -0.508 e. The van der Waals surface area contributed by atoms with Gasteiger partial charge in [-0.2, -0.15) is 4.31 Å². The van der Waals surface area contributed by atoms with Crippen molar-refractivity contribution < 1.29 is 13.5 Å². The maximum absolute atomic E-state index is 12.7. The fourth-order valence-electron chi connectivity index (χ4n) is 3.96. The number of rotatable bonds is 4. The standard InChI is InChI=1S/C21H21N3O3S2/c25-20-13-19-17(16-4-1-2-5-18(16)22-19)12-15(20)14-23-7-9-24(10-8-23)29(26,27)21-6-3-11-28-21/h1-6,11-13,22,25H,7-10,14H2. The smallest absolute Gasteiger partial charge is 0.252 e. The Morgan fingerprint density at radius 1 is 0.966 bits per heavy atom. The number of phenolic OH excluding ortho intramolecular Hbond substituents is 1. The van der Waals surface area contributed by atoms with Crippen LogP contribution in [0.25, 0.3) is 21.8 Å². The lowest BCUT2D eigenvalue weighted by Gasteiger charge is -2.33. The van der Waals surface area contributed by atoms with E-state index < -0.39 is 10.0 Å². The Balaban J connectivity index is 1.34. The lowest BCUT2D eigenvalue weighted by Crippen LogP contribution is -2.48. The number of para-hydroxylation sites is 1. The number of piperazine rings is 1. The monoisotopic (exact) mass is 427 g/mol. The summed E-state index contributed by atoms with van der Waals surface area (Å²) < 4.78 is 27.3. The van der Waals surface area contributed by atoms with Gasteiger partial charge in [-0.25, -0.2) is 8.42 Å². The number of sulfonamides is 1. The third kappa shape index (κ3) is 3.32. The van der Waals surface area contributed by atoms with Gasteiger partial charge in [-0.1, -0.05) is 24.3 Å². The first-order chi connectivity index (χ1) is 14.0. The van der Waals surface area contributed by atoms with Crippen molar-refractivity contribution in [2.24, 2.45) is 0 Å². The fourth-order valence-corrected chi connectivity index (χ4v) is 6.53. The molecule has 0 saturated carbocycles. The Kier molecular flexibility index (Phi) is 4.59. The lowest BCUT2D eigenvalue weighted by atomic mass is 10.1. The van der Waals surface area contributed by atoms with Crippen LogP contribution in [0.5, 0.6) is 5.75 Å². The highest BCUT2D eigenvalue weighted by Gasteiger charge is 2.29. The Hall–Kier alpha value is -2.39. The summed E-state index contributed by atoms with van der Waals surface area (Å²) in [5.41, 5.74) is 2.82. The Labute approximate surface area is 173 Å². The predicted molar refractivity (Wildman–Crippen MR) is 116 cm³/mol. The molecule has 150 valence electrons. The number of thiophene rings is 1. The van der Waals surface area contributed by atoms with Gasteiger partial charge in [0.05, 0.1) is 5.52 Å². The van der Waals surface area contributed by atoms with Crippen LogP contribution in [0, 0.1) is 0 Å². The Morgan fingerprint density at radius 3 is 2.52 bits per heavy atom. The second kappa shape index (κ2) is 7.14. The van der Waals surface area contributed by atoms with Crippen LogP contribution in [-0.2, 0) is 16.6 Å². The van der Waals surface area contributed by atoms with Crippen molar-refractivity contribution in [1.29, 1.82) is 0 Å². The number of aromatic nitrogens is 1. The number of benzene rings is 2. The number of hydrogen-bond donors (Lipinski definition) is 2. The van der Waals surface area contributed by atoms with Crippen molar-refractivity contribution in [1.82, 2.24) is 14.2 Å². The molecule has 1 fully saturated rings. The van der Waals surface area contributed by atoms with Crippen LogP contribution in [0.3, 0.4) is 0 Å². The van der Waals surface area contributed by atoms with Crippen LogP contribution in [0.1, 0.15) is 5.56 Å². The van der Waals surface area contributed by atoms with E-state index in [0.717, 1.165) is 27.4 Å². The molecule has 0 amide bonds. The van der Waals surface area contributed by atoms with Crippen molar-refractivity contribution >= 4 is 43.2 Å². The molecule has 8 heteroatoms. The molecule has 0 atom stereocenters. The normalized spacial score (nSPS) is 16.7. The molecule has 1 aliphatic heterocycles. The van der Waals surface area contributed by atoms with Crippen LogP contribution in [0.15, 0.2) is 58.1 Å². The average molecular weight is 428 g/mol. The van der Waals surface area contributed by atoms with Gasteiger partial charge in [0.15, 0.2) is 0 Å². The van der Waals surface area contributed by atoms with E-state index in [4.69, 9.17) is 0 Å². The molecule has 3 heterocycles. The molecule has 2 aromatic carbocycles. The summed E-state index contributed by atoms with van der Waals surface area (Å²) in [4.78, 5) is 5.53. The molecule has 2 N–H and O–H groups in total. The van der Waals surface area contributed by atoms with Gasteiger partial charge in [0.2, 0.25) is 0 Å². The van der Waals surface area contributed by atoms with Crippen molar-refractivity contribution in [2.45, 2.75) is 10.8 Å². The number of nitrogens with zero attached hydrogens (tertiary/aromatic N) is 2. The Bertz CT molecular complexity index is 1270. The number of aromatic amines is 1. The molecule has 2 aromatic heterocycles. The highest BCUT2D eigenvalue weighted by molar-refractivity contribution is 7.91. The zero-order chi connectivity index (χ0) is 20.0. The molecule has 6 nitrogen and oxygen atoms in total. The van der Waals surface area contributed by atoms with Gasteiger partial charge in [0.1, 0.15) is 9.96 Å².